The van der Waals surface area contributed by atoms with Crippen molar-refractivity contribution in [1.29, 1.82) is 0 Å². The Morgan fingerprint density at radius 1 is 1.60 bits per heavy atom. The predicted octanol–water partition coefficient (Wildman–Crippen LogP) is 2.50. The molecule has 84 valence electrons. The zero-order valence-corrected chi connectivity index (χ0v) is 9.93. The molecule has 0 aliphatic rings. The van der Waals surface area contributed by atoms with Crippen LogP contribution in [0.1, 0.15) is 47.1 Å². The summed E-state index contributed by atoms with van der Waals surface area (Å²) in [6.45, 7) is 6.78. The van der Waals surface area contributed by atoms with Crippen LogP contribution in [0.2, 0.25) is 0 Å². The number of ether oxygens (including phenoxy) is 1. The van der Waals surface area contributed by atoms with Gasteiger partial charge in [0, 0.05) is 6.61 Å². The van der Waals surface area contributed by atoms with Gasteiger partial charge in [-0.3, -0.25) is 0 Å². The molecule has 1 aromatic heterocycles. The van der Waals surface area contributed by atoms with E-state index in [0.29, 0.717) is 23.8 Å². The third-order valence-corrected chi connectivity index (χ3v) is 2.90. The van der Waals surface area contributed by atoms with Crippen LogP contribution >= 0.6 is 11.3 Å². The number of carbonyl (C=O) groups is 1. The van der Waals surface area contributed by atoms with Gasteiger partial charge in [0.1, 0.15) is 9.88 Å². The summed E-state index contributed by atoms with van der Waals surface area (Å²) in [7, 11) is 0. The average molecular weight is 229 g/mol. The van der Waals surface area contributed by atoms with Gasteiger partial charge in [-0.1, -0.05) is 13.8 Å². The molecule has 0 aliphatic carbocycles. The second-order valence-corrected chi connectivity index (χ2v) is 4.50. The molecule has 0 saturated carbocycles. The van der Waals surface area contributed by atoms with Crippen molar-refractivity contribution in [3.63, 3.8) is 0 Å². The fraction of sp³-hybridized carbons (Fsp3) is 0.600. The van der Waals surface area contributed by atoms with Crippen LogP contribution < -0.4 is 0 Å². The first-order valence-electron chi connectivity index (χ1n) is 4.86. The maximum Gasteiger partial charge on any atom is 0.347 e. The second-order valence-electron chi connectivity index (χ2n) is 3.42. The maximum atomic E-state index is 10.9. The van der Waals surface area contributed by atoms with E-state index in [1.165, 1.54) is 11.3 Å². The van der Waals surface area contributed by atoms with Gasteiger partial charge < -0.3 is 9.84 Å². The normalized spacial score (nSPS) is 10.9. The Kier molecular flexibility index (Phi) is 4.23. The van der Waals surface area contributed by atoms with Gasteiger partial charge in [-0.25, -0.2) is 9.78 Å². The third-order valence-electron chi connectivity index (χ3n) is 1.87. The highest BCUT2D eigenvalue weighted by Gasteiger charge is 2.19. The Morgan fingerprint density at radius 2 is 2.27 bits per heavy atom. The Labute approximate surface area is 92.9 Å². The van der Waals surface area contributed by atoms with Gasteiger partial charge in [-0.05, 0) is 12.8 Å². The highest BCUT2D eigenvalue weighted by Crippen LogP contribution is 2.25. The van der Waals surface area contributed by atoms with Gasteiger partial charge >= 0.3 is 5.97 Å². The minimum absolute atomic E-state index is 0.128. The van der Waals surface area contributed by atoms with E-state index in [9.17, 15) is 4.79 Å². The molecule has 1 heterocycles. The molecule has 0 amide bonds. The summed E-state index contributed by atoms with van der Waals surface area (Å²) in [5.74, 6) is -0.776. The van der Waals surface area contributed by atoms with E-state index in [-0.39, 0.29) is 5.92 Å². The lowest BCUT2D eigenvalue weighted by molar-refractivity contribution is 0.0700. The quantitative estimate of drug-likeness (QED) is 0.842. The molecule has 0 spiro atoms. The van der Waals surface area contributed by atoms with E-state index in [1.54, 1.807) is 0 Å². The molecule has 0 fully saturated rings. The van der Waals surface area contributed by atoms with Gasteiger partial charge in [0.2, 0.25) is 0 Å². The van der Waals surface area contributed by atoms with Gasteiger partial charge in [-0.15, -0.1) is 11.3 Å². The van der Waals surface area contributed by atoms with Crippen molar-refractivity contribution >= 4 is 17.3 Å². The SMILES string of the molecule is CCOCc1nc(C(C)C)c(C(=O)O)s1. The number of nitrogens with zero attached hydrogens (tertiary/aromatic N) is 1. The molecule has 0 unspecified atom stereocenters. The Hall–Kier alpha value is -0.940. The second kappa shape index (κ2) is 5.23. The van der Waals surface area contributed by atoms with Gasteiger partial charge in [0.25, 0.3) is 0 Å². The van der Waals surface area contributed by atoms with Crippen LogP contribution in [0.5, 0.6) is 0 Å². The summed E-state index contributed by atoms with van der Waals surface area (Å²) in [5, 5.41) is 9.72. The maximum absolute atomic E-state index is 10.9. The fourth-order valence-corrected chi connectivity index (χ4v) is 2.17. The minimum atomic E-state index is -0.904. The summed E-state index contributed by atoms with van der Waals surface area (Å²) < 4.78 is 5.20. The van der Waals surface area contributed by atoms with Crippen LogP contribution in [0.4, 0.5) is 0 Å². The van der Waals surface area contributed by atoms with Crippen LogP contribution in [0, 0.1) is 0 Å². The summed E-state index contributed by atoms with van der Waals surface area (Å²) >= 11 is 1.20. The summed E-state index contributed by atoms with van der Waals surface area (Å²) in [6, 6.07) is 0. The zero-order chi connectivity index (χ0) is 11.4. The van der Waals surface area contributed by atoms with E-state index >= 15 is 0 Å². The predicted molar refractivity (Wildman–Crippen MR) is 58.5 cm³/mol. The van der Waals surface area contributed by atoms with Crippen molar-refractivity contribution in [3.05, 3.63) is 15.6 Å². The zero-order valence-electron chi connectivity index (χ0n) is 9.11. The fourth-order valence-electron chi connectivity index (χ4n) is 1.17. The first-order chi connectivity index (χ1) is 7.06. The smallest absolute Gasteiger partial charge is 0.347 e. The topological polar surface area (TPSA) is 59.4 Å². The van der Waals surface area contributed by atoms with Crippen LogP contribution in [0.3, 0.4) is 0 Å². The van der Waals surface area contributed by atoms with Crippen molar-refractivity contribution in [2.24, 2.45) is 0 Å². The number of rotatable bonds is 5. The molecule has 1 aromatic rings. The largest absolute Gasteiger partial charge is 0.477 e. The minimum Gasteiger partial charge on any atom is -0.477 e. The van der Waals surface area contributed by atoms with Crippen molar-refractivity contribution in [2.75, 3.05) is 6.61 Å². The molecule has 0 atom stereocenters. The van der Waals surface area contributed by atoms with E-state index in [1.807, 2.05) is 20.8 Å². The molecule has 4 nitrogen and oxygen atoms in total. The number of hydrogen-bond acceptors (Lipinski definition) is 4. The summed E-state index contributed by atoms with van der Waals surface area (Å²) in [6.07, 6.45) is 0. The Balaban J connectivity index is 2.93. The first kappa shape index (κ1) is 12.1. The van der Waals surface area contributed by atoms with E-state index in [4.69, 9.17) is 9.84 Å². The Morgan fingerprint density at radius 3 is 2.67 bits per heavy atom. The highest BCUT2D eigenvalue weighted by atomic mass is 32.1. The van der Waals surface area contributed by atoms with E-state index in [2.05, 4.69) is 4.98 Å². The summed E-state index contributed by atoms with van der Waals surface area (Å²) in [5.41, 5.74) is 0.655. The molecule has 1 rings (SSSR count). The lowest BCUT2D eigenvalue weighted by Gasteiger charge is -2.00. The van der Waals surface area contributed by atoms with Crippen molar-refractivity contribution < 1.29 is 14.6 Å². The number of thiazole rings is 1. The number of hydrogen-bond donors (Lipinski definition) is 1. The highest BCUT2D eigenvalue weighted by molar-refractivity contribution is 7.13. The van der Waals surface area contributed by atoms with Crippen LogP contribution in [-0.2, 0) is 11.3 Å². The number of carboxylic acids is 1. The van der Waals surface area contributed by atoms with Crippen molar-refractivity contribution in [2.45, 2.75) is 33.3 Å². The third kappa shape index (κ3) is 3.00. The molecular formula is C10H15NO3S. The standard InChI is InChI=1S/C10H15NO3S/c1-4-14-5-7-11-8(6(2)3)9(15-7)10(12)13/h6H,4-5H2,1-3H3,(H,12,13). The number of carboxylic acid groups (broad SMARTS) is 1. The van der Waals surface area contributed by atoms with Crippen molar-refractivity contribution in [3.8, 4) is 0 Å². The summed E-state index contributed by atoms with van der Waals surface area (Å²) in [4.78, 5) is 15.6. The molecule has 0 radical (unpaired) electrons. The van der Waals surface area contributed by atoms with Gasteiger partial charge in [0.15, 0.2) is 0 Å². The molecular weight excluding hydrogens is 214 g/mol. The van der Waals surface area contributed by atoms with Gasteiger partial charge in [0.05, 0.1) is 12.3 Å². The monoisotopic (exact) mass is 229 g/mol. The van der Waals surface area contributed by atoms with Crippen LogP contribution in [0.15, 0.2) is 0 Å². The number of aromatic nitrogens is 1. The van der Waals surface area contributed by atoms with E-state index in [0.717, 1.165) is 5.01 Å². The average Bonchev–Trinajstić information content (AvgIpc) is 2.58. The first-order valence-corrected chi connectivity index (χ1v) is 5.68. The van der Waals surface area contributed by atoms with Gasteiger partial charge in [-0.2, -0.15) is 0 Å². The van der Waals surface area contributed by atoms with Crippen LogP contribution in [-0.4, -0.2) is 22.7 Å². The molecule has 0 bridgehead atoms. The lowest BCUT2D eigenvalue weighted by Crippen LogP contribution is -2.00. The molecule has 0 saturated heterocycles. The molecule has 15 heavy (non-hydrogen) atoms. The van der Waals surface area contributed by atoms with E-state index < -0.39 is 5.97 Å². The molecule has 1 N–H and O–H groups in total. The molecule has 0 aliphatic heterocycles. The van der Waals surface area contributed by atoms with Crippen LogP contribution in [0.25, 0.3) is 0 Å². The lowest BCUT2D eigenvalue weighted by atomic mass is 10.1. The molecule has 5 heteroatoms. The number of aromatic carboxylic acids is 1. The van der Waals surface area contributed by atoms with Crippen molar-refractivity contribution in [1.82, 2.24) is 4.98 Å². The Bertz CT molecular complexity index is 346. The molecule has 0 aromatic carbocycles.